The van der Waals surface area contributed by atoms with Crippen LogP contribution in [0.1, 0.15) is 37.6 Å². The summed E-state index contributed by atoms with van der Waals surface area (Å²) in [6.07, 6.45) is -3.31. The number of ether oxygens (including phenoxy) is 1. The maximum atomic E-state index is 12.7. The lowest BCUT2D eigenvalue weighted by Crippen LogP contribution is -2.30. The van der Waals surface area contributed by atoms with E-state index < -0.39 is 17.7 Å². The molecule has 0 radical (unpaired) electrons. The molecule has 0 unspecified atom stereocenters. The number of hydrogen-bond donors (Lipinski definition) is 0. The van der Waals surface area contributed by atoms with Gasteiger partial charge in [0.1, 0.15) is 11.3 Å². The summed E-state index contributed by atoms with van der Waals surface area (Å²) in [7, 11) is 0. The van der Waals surface area contributed by atoms with E-state index in [1.54, 1.807) is 0 Å². The molecule has 2 atom stereocenters. The van der Waals surface area contributed by atoms with E-state index in [9.17, 15) is 22.8 Å². The topological polar surface area (TPSA) is 69.4 Å². The normalized spacial score (nSPS) is 21.5. The van der Waals surface area contributed by atoms with E-state index in [2.05, 4.69) is 4.98 Å². The number of hydrogen-bond acceptors (Lipinski definition) is 5. The van der Waals surface area contributed by atoms with Crippen LogP contribution in [-0.4, -0.2) is 16.7 Å². The largest absolute Gasteiger partial charge is 0.455 e. The van der Waals surface area contributed by atoms with E-state index >= 15 is 0 Å². The second kappa shape index (κ2) is 6.50. The molecule has 5 nitrogen and oxygen atoms in total. The Balaban J connectivity index is 1.67. The minimum absolute atomic E-state index is 0.0298. The highest BCUT2D eigenvalue weighted by molar-refractivity contribution is 5.83. The van der Waals surface area contributed by atoms with Crippen LogP contribution in [-0.2, 0) is 27.1 Å². The van der Waals surface area contributed by atoms with Crippen molar-refractivity contribution in [3.05, 3.63) is 29.7 Å². The Morgan fingerprint density at radius 1 is 1.40 bits per heavy atom. The minimum atomic E-state index is -4.46. The first-order chi connectivity index (χ1) is 11.7. The predicted octanol–water partition coefficient (Wildman–Crippen LogP) is 3.90. The van der Waals surface area contributed by atoms with Crippen molar-refractivity contribution in [2.75, 3.05) is 0 Å². The van der Waals surface area contributed by atoms with E-state index in [1.807, 2.05) is 6.92 Å². The van der Waals surface area contributed by atoms with E-state index in [0.717, 1.165) is 12.1 Å². The molecule has 1 aliphatic rings. The summed E-state index contributed by atoms with van der Waals surface area (Å²) in [5, 5.41) is 0. The monoisotopic (exact) mass is 355 g/mol. The van der Waals surface area contributed by atoms with Crippen molar-refractivity contribution in [3.63, 3.8) is 0 Å². The fourth-order valence-corrected chi connectivity index (χ4v) is 3.01. The average molecular weight is 355 g/mol. The summed E-state index contributed by atoms with van der Waals surface area (Å²) in [5.41, 5.74) is -0.578. The van der Waals surface area contributed by atoms with Crippen molar-refractivity contribution in [3.8, 4) is 0 Å². The zero-order chi connectivity index (χ0) is 18.2. The van der Waals surface area contributed by atoms with E-state index in [4.69, 9.17) is 9.15 Å². The fourth-order valence-electron chi connectivity index (χ4n) is 3.01. The van der Waals surface area contributed by atoms with Crippen LogP contribution in [0.5, 0.6) is 0 Å². The summed E-state index contributed by atoms with van der Waals surface area (Å²) in [5.74, 6) is -0.734. The lowest BCUT2D eigenvalue weighted by molar-refractivity contribution is -0.154. The van der Waals surface area contributed by atoms with Crippen molar-refractivity contribution in [2.24, 2.45) is 11.8 Å². The molecular weight excluding hydrogens is 339 g/mol. The van der Waals surface area contributed by atoms with E-state index in [-0.39, 0.29) is 41.2 Å². The Labute approximate surface area is 141 Å². The fraction of sp³-hybridized carbons (Fsp3) is 0.471. The van der Waals surface area contributed by atoms with Crippen molar-refractivity contribution < 1.29 is 31.9 Å². The van der Waals surface area contributed by atoms with Crippen LogP contribution < -0.4 is 0 Å². The lowest BCUT2D eigenvalue weighted by atomic mass is 9.80. The zero-order valence-corrected chi connectivity index (χ0v) is 13.4. The molecule has 134 valence electrons. The lowest BCUT2D eigenvalue weighted by Gasteiger charge is -2.25. The number of halogens is 3. The number of alkyl halides is 3. The van der Waals surface area contributed by atoms with Gasteiger partial charge in [-0.05, 0) is 30.5 Å². The van der Waals surface area contributed by atoms with Crippen molar-refractivity contribution in [2.45, 2.75) is 39.0 Å². The number of oxazole rings is 1. The molecule has 25 heavy (non-hydrogen) atoms. The number of ketones is 1. The minimum Gasteiger partial charge on any atom is -0.455 e. The van der Waals surface area contributed by atoms with Crippen LogP contribution in [0.3, 0.4) is 0 Å². The van der Waals surface area contributed by atoms with Crippen LogP contribution in [0.15, 0.2) is 22.6 Å². The van der Waals surface area contributed by atoms with Crippen LogP contribution >= 0.6 is 0 Å². The smallest absolute Gasteiger partial charge is 0.416 e. The third-order valence-corrected chi connectivity index (χ3v) is 4.37. The number of benzene rings is 1. The first kappa shape index (κ1) is 17.4. The SMILES string of the molecule is C[C@@H]1CC(=O)CC[C@H]1C(=O)OCc1nc2cc(C(F)(F)F)ccc2o1. The van der Waals surface area contributed by atoms with Gasteiger partial charge in [0.25, 0.3) is 0 Å². The molecular formula is C17H16F3NO4. The molecule has 0 spiro atoms. The number of esters is 1. The van der Waals surface area contributed by atoms with E-state index in [0.29, 0.717) is 19.3 Å². The number of nitrogens with zero attached hydrogens (tertiary/aromatic N) is 1. The number of fused-ring (bicyclic) bond motifs is 1. The van der Waals surface area contributed by atoms with Gasteiger partial charge in [-0.2, -0.15) is 13.2 Å². The molecule has 1 aliphatic carbocycles. The molecule has 1 saturated carbocycles. The second-order valence-electron chi connectivity index (χ2n) is 6.26. The molecule has 3 rings (SSSR count). The van der Waals surface area contributed by atoms with Gasteiger partial charge in [0.2, 0.25) is 5.89 Å². The van der Waals surface area contributed by atoms with Crippen LogP contribution in [0.4, 0.5) is 13.2 Å². The van der Waals surface area contributed by atoms with Crippen molar-refractivity contribution in [1.82, 2.24) is 4.98 Å². The first-order valence-corrected chi connectivity index (χ1v) is 7.89. The Morgan fingerprint density at radius 2 is 2.16 bits per heavy atom. The first-order valence-electron chi connectivity index (χ1n) is 7.89. The molecule has 1 heterocycles. The van der Waals surface area contributed by atoms with Crippen LogP contribution in [0.25, 0.3) is 11.1 Å². The molecule has 0 amide bonds. The van der Waals surface area contributed by atoms with Gasteiger partial charge < -0.3 is 9.15 Å². The molecule has 1 aromatic heterocycles. The van der Waals surface area contributed by atoms with Gasteiger partial charge in [0.05, 0.1) is 11.5 Å². The summed E-state index contributed by atoms with van der Waals surface area (Å²) >= 11 is 0. The number of rotatable bonds is 3. The highest BCUT2D eigenvalue weighted by Crippen LogP contribution is 2.32. The molecule has 1 aromatic carbocycles. The summed E-state index contributed by atoms with van der Waals surface area (Å²) in [6.45, 7) is 1.56. The molecule has 0 aliphatic heterocycles. The van der Waals surface area contributed by atoms with Gasteiger partial charge in [0.15, 0.2) is 12.2 Å². The second-order valence-corrected chi connectivity index (χ2v) is 6.26. The Kier molecular flexibility index (Phi) is 4.53. The summed E-state index contributed by atoms with van der Waals surface area (Å²) < 4.78 is 48.6. The van der Waals surface area contributed by atoms with Gasteiger partial charge in [0, 0.05) is 12.8 Å². The summed E-state index contributed by atoms with van der Waals surface area (Å²) in [4.78, 5) is 27.4. The quantitative estimate of drug-likeness (QED) is 0.781. The van der Waals surface area contributed by atoms with Gasteiger partial charge >= 0.3 is 12.1 Å². The molecule has 0 N–H and O–H groups in total. The highest BCUT2D eigenvalue weighted by atomic mass is 19.4. The third kappa shape index (κ3) is 3.83. The van der Waals surface area contributed by atoms with Crippen molar-refractivity contribution in [1.29, 1.82) is 0 Å². The Morgan fingerprint density at radius 3 is 2.84 bits per heavy atom. The van der Waals surface area contributed by atoms with Crippen molar-refractivity contribution >= 4 is 22.9 Å². The average Bonchev–Trinajstić information content (AvgIpc) is 2.93. The standard InChI is InChI=1S/C17H16F3NO4/c1-9-6-11(22)3-4-12(9)16(23)24-8-15-21-13-7-10(17(18,19)20)2-5-14(13)25-15/h2,5,7,9,12H,3-4,6,8H2,1H3/t9-,12-/m1/s1. The number of Topliss-reactive ketones (excluding diaryl/α,β-unsaturated/α-hetero) is 1. The Bertz CT molecular complexity index is 812. The molecule has 1 fully saturated rings. The molecule has 2 aromatic rings. The van der Waals surface area contributed by atoms with Gasteiger partial charge in [-0.25, -0.2) is 4.98 Å². The maximum absolute atomic E-state index is 12.7. The Hall–Kier alpha value is -2.38. The maximum Gasteiger partial charge on any atom is 0.416 e. The van der Waals surface area contributed by atoms with Crippen LogP contribution in [0, 0.1) is 11.8 Å². The van der Waals surface area contributed by atoms with Crippen LogP contribution in [0.2, 0.25) is 0 Å². The molecule has 0 bridgehead atoms. The van der Waals surface area contributed by atoms with Gasteiger partial charge in [-0.1, -0.05) is 6.92 Å². The highest BCUT2D eigenvalue weighted by Gasteiger charge is 2.33. The predicted molar refractivity (Wildman–Crippen MR) is 80.3 cm³/mol. The molecule has 0 saturated heterocycles. The van der Waals surface area contributed by atoms with E-state index in [1.165, 1.54) is 6.07 Å². The number of carbonyl (C=O) groups is 2. The zero-order valence-electron chi connectivity index (χ0n) is 13.4. The number of carbonyl (C=O) groups excluding carboxylic acids is 2. The summed E-state index contributed by atoms with van der Waals surface area (Å²) in [6, 6.07) is 2.98. The number of aromatic nitrogens is 1. The molecule has 8 heteroatoms. The van der Waals surface area contributed by atoms with Gasteiger partial charge in [-0.3, -0.25) is 9.59 Å². The third-order valence-electron chi connectivity index (χ3n) is 4.37. The van der Waals surface area contributed by atoms with Gasteiger partial charge in [-0.15, -0.1) is 0 Å².